The van der Waals surface area contributed by atoms with E-state index >= 15 is 0 Å². The number of carboxylic acids is 1. The van der Waals surface area contributed by atoms with Crippen molar-refractivity contribution in [1.82, 2.24) is 10.6 Å². The SMILES string of the molecule is CC(C)(C)CCNC(=O)NC(=O)CC(C)(C)C(=O)O. The molecule has 0 aromatic rings. The Morgan fingerprint density at radius 3 is 2.00 bits per heavy atom. The van der Waals surface area contributed by atoms with Crippen LogP contribution in [0.1, 0.15) is 47.5 Å². The van der Waals surface area contributed by atoms with Crippen LogP contribution in [0.25, 0.3) is 0 Å². The Morgan fingerprint density at radius 1 is 1.05 bits per heavy atom. The number of imide groups is 1. The maximum absolute atomic E-state index is 11.5. The van der Waals surface area contributed by atoms with Gasteiger partial charge in [-0.25, -0.2) is 4.79 Å². The molecule has 0 aliphatic carbocycles. The summed E-state index contributed by atoms with van der Waals surface area (Å²) < 4.78 is 0. The number of rotatable bonds is 5. The van der Waals surface area contributed by atoms with E-state index in [1.54, 1.807) is 0 Å². The lowest BCUT2D eigenvalue weighted by atomic mass is 9.89. The average Bonchev–Trinajstić information content (AvgIpc) is 2.13. The molecule has 0 aromatic carbocycles. The van der Waals surface area contributed by atoms with Crippen molar-refractivity contribution in [2.75, 3.05) is 6.54 Å². The molecule has 0 bridgehead atoms. The van der Waals surface area contributed by atoms with Crippen molar-refractivity contribution < 1.29 is 19.5 Å². The molecule has 0 spiro atoms. The van der Waals surface area contributed by atoms with Crippen LogP contribution in [0.4, 0.5) is 4.79 Å². The number of hydrogen-bond acceptors (Lipinski definition) is 3. The Bertz CT molecular complexity index is 356. The fraction of sp³-hybridized carbons (Fsp3) is 0.769. The fourth-order valence-corrected chi connectivity index (χ4v) is 1.24. The molecule has 0 aromatic heterocycles. The molecule has 0 aliphatic heterocycles. The normalized spacial score (nSPS) is 11.8. The van der Waals surface area contributed by atoms with E-state index in [1.807, 2.05) is 20.8 Å². The minimum atomic E-state index is -1.18. The Kier molecular flexibility index (Phi) is 5.99. The first-order chi connectivity index (χ1) is 8.44. The van der Waals surface area contributed by atoms with Gasteiger partial charge in [-0.2, -0.15) is 0 Å². The van der Waals surface area contributed by atoms with Crippen LogP contribution >= 0.6 is 0 Å². The molecule has 3 N–H and O–H groups in total. The fourth-order valence-electron chi connectivity index (χ4n) is 1.24. The molecule has 0 rings (SSSR count). The van der Waals surface area contributed by atoms with Crippen molar-refractivity contribution in [2.24, 2.45) is 10.8 Å². The number of carbonyl (C=O) groups excluding carboxylic acids is 2. The van der Waals surface area contributed by atoms with Crippen LogP contribution in [-0.2, 0) is 9.59 Å². The second kappa shape index (κ2) is 6.54. The molecule has 0 saturated carbocycles. The predicted octanol–water partition coefficient (Wildman–Crippen LogP) is 1.75. The highest BCUT2D eigenvalue weighted by atomic mass is 16.4. The van der Waals surface area contributed by atoms with Crippen LogP contribution in [0, 0.1) is 10.8 Å². The first-order valence-electron chi connectivity index (χ1n) is 6.25. The number of carboxylic acid groups (broad SMARTS) is 1. The van der Waals surface area contributed by atoms with Crippen molar-refractivity contribution in [3.8, 4) is 0 Å². The first-order valence-corrected chi connectivity index (χ1v) is 6.25. The smallest absolute Gasteiger partial charge is 0.321 e. The van der Waals surface area contributed by atoms with Crippen LogP contribution in [0.5, 0.6) is 0 Å². The van der Waals surface area contributed by atoms with Gasteiger partial charge in [0, 0.05) is 13.0 Å². The highest BCUT2D eigenvalue weighted by Gasteiger charge is 2.30. The molecule has 3 amide bonds. The van der Waals surface area contributed by atoms with Crippen molar-refractivity contribution in [3.05, 3.63) is 0 Å². The van der Waals surface area contributed by atoms with Gasteiger partial charge in [-0.3, -0.25) is 14.9 Å². The van der Waals surface area contributed by atoms with E-state index in [1.165, 1.54) is 13.8 Å². The number of urea groups is 1. The minimum absolute atomic E-state index is 0.0998. The third kappa shape index (κ3) is 8.18. The molecule has 0 atom stereocenters. The summed E-state index contributed by atoms with van der Waals surface area (Å²) in [5, 5.41) is 13.6. The molecule has 6 heteroatoms. The minimum Gasteiger partial charge on any atom is -0.481 e. The van der Waals surface area contributed by atoms with Gasteiger partial charge in [-0.15, -0.1) is 0 Å². The summed E-state index contributed by atoms with van der Waals surface area (Å²) in [5.74, 6) is -1.67. The third-order valence-corrected chi connectivity index (χ3v) is 2.59. The number of amides is 3. The van der Waals surface area contributed by atoms with Crippen LogP contribution in [0.2, 0.25) is 0 Å². The van der Waals surface area contributed by atoms with Crippen molar-refractivity contribution in [3.63, 3.8) is 0 Å². The molecule has 19 heavy (non-hydrogen) atoms. The van der Waals surface area contributed by atoms with Gasteiger partial charge in [-0.05, 0) is 25.7 Å². The van der Waals surface area contributed by atoms with Crippen LogP contribution in [0.3, 0.4) is 0 Å². The van der Waals surface area contributed by atoms with Gasteiger partial charge in [0.05, 0.1) is 5.41 Å². The predicted molar refractivity (Wildman–Crippen MR) is 71.6 cm³/mol. The standard InChI is InChI=1S/C13H24N2O4/c1-12(2,3)6-7-14-11(19)15-9(16)8-13(4,5)10(17)18/h6-8H2,1-5H3,(H,17,18)(H2,14,15,16,19). The van der Waals surface area contributed by atoms with Gasteiger partial charge in [0.1, 0.15) is 0 Å². The van der Waals surface area contributed by atoms with E-state index in [2.05, 4.69) is 10.6 Å². The largest absolute Gasteiger partial charge is 0.481 e. The summed E-state index contributed by atoms with van der Waals surface area (Å²) in [6, 6.07) is -0.588. The molecular formula is C13H24N2O4. The van der Waals surface area contributed by atoms with Gasteiger partial charge >= 0.3 is 12.0 Å². The van der Waals surface area contributed by atoms with Gasteiger partial charge in [-0.1, -0.05) is 20.8 Å². The zero-order valence-electron chi connectivity index (χ0n) is 12.3. The van der Waals surface area contributed by atoms with E-state index in [4.69, 9.17) is 5.11 Å². The quantitative estimate of drug-likeness (QED) is 0.710. The Morgan fingerprint density at radius 2 is 1.58 bits per heavy atom. The van der Waals surface area contributed by atoms with E-state index < -0.39 is 23.3 Å². The molecule has 6 nitrogen and oxygen atoms in total. The van der Waals surface area contributed by atoms with Gasteiger partial charge in [0.25, 0.3) is 0 Å². The second-order valence-corrected chi connectivity index (χ2v) is 6.48. The van der Waals surface area contributed by atoms with Gasteiger partial charge in [0.15, 0.2) is 0 Å². The lowest BCUT2D eigenvalue weighted by molar-refractivity contribution is -0.149. The van der Waals surface area contributed by atoms with Crippen LogP contribution in [0.15, 0.2) is 0 Å². The molecule has 0 aliphatic rings. The van der Waals surface area contributed by atoms with Crippen molar-refractivity contribution in [1.29, 1.82) is 0 Å². The second-order valence-electron chi connectivity index (χ2n) is 6.48. The summed E-state index contributed by atoms with van der Waals surface area (Å²) in [6.45, 7) is 9.48. The summed E-state index contributed by atoms with van der Waals surface area (Å²) in [5.41, 5.74) is -1.08. The van der Waals surface area contributed by atoms with E-state index in [0.29, 0.717) is 6.54 Å². The highest BCUT2D eigenvalue weighted by Crippen LogP contribution is 2.20. The van der Waals surface area contributed by atoms with E-state index in [-0.39, 0.29) is 11.8 Å². The summed E-state index contributed by atoms with van der Waals surface area (Å²) in [4.78, 5) is 33.7. The zero-order valence-corrected chi connectivity index (χ0v) is 12.3. The van der Waals surface area contributed by atoms with Crippen LogP contribution in [-0.4, -0.2) is 29.6 Å². The molecule has 0 unspecified atom stereocenters. The Balaban J connectivity index is 4.08. The van der Waals surface area contributed by atoms with Crippen LogP contribution < -0.4 is 10.6 Å². The molecule has 0 heterocycles. The molecule has 0 radical (unpaired) electrons. The van der Waals surface area contributed by atoms with Gasteiger partial charge in [0.2, 0.25) is 5.91 Å². The number of aliphatic carboxylic acids is 1. The number of carbonyl (C=O) groups is 3. The monoisotopic (exact) mass is 272 g/mol. The molecule has 110 valence electrons. The highest BCUT2D eigenvalue weighted by molar-refractivity contribution is 5.96. The van der Waals surface area contributed by atoms with E-state index in [9.17, 15) is 14.4 Å². The van der Waals surface area contributed by atoms with Crippen molar-refractivity contribution in [2.45, 2.75) is 47.5 Å². The van der Waals surface area contributed by atoms with E-state index in [0.717, 1.165) is 6.42 Å². The Labute approximate surface area is 113 Å². The lowest BCUT2D eigenvalue weighted by Crippen LogP contribution is -2.42. The molecule has 0 saturated heterocycles. The molecular weight excluding hydrogens is 248 g/mol. The third-order valence-electron chi connectivity index (χ3n) is 2.59. The summed E-state index contributed by atoms with van der Waals surface area (Å²) >= 11 is 0. The maximum Gasteiger partial charge on any atom is 0.321 e. The maximum atomic E-state index is 11.5. The van der Waals surface area contributed by atoms with Crippen molar-refractivity contribution >= 4 is 17.9 Å². The summed E-state index contributed by atoms with van der Waals surface area (Å²) in [6.07, 6.45) is 0.546. The first kappa shape index (κ1) is 17.4. The Hall–Kier alpha value is -1.59. The summed E-state index contributed by atoms with van der Waals surface area (Å²) in [7, 11) is 0. The lowest BCUT2D eigenvalue weighted by Gasteiger charge is -2.19. The number of hydrogen-bond donors (Lipinski definition) is 3. The average molecular weight is 272 g/mol. The zero-order chi connectivity index (χ0) is 15.3. The topological polar surface area (TPSA) is 95.5 Å². The molecule has 0 fully saturated rings. The number of nitrogens with one attached hydrogen (secondary N) is 2. The van der Waals surface area contributed by atoms with Gasteiger partial charge < -0.3 is 10.4 Å².